The average molecular weight is 258 g/mol. The first-order valence-electron chi connectivity index (χ1n) is 5.46. The van der Waals surface area contributed by atoms with Gasteiger partial charge in [0.05, 0.1) is 17.2 Å². The van der Waals surface area contributed by atoms with Crippen LogP contribution in [0.4, 0.5) is 10.1 Å². The van der Waals surface area contributed by atoms with Crippen molar-refractivity contribution in [3.8, 4) is 0 Å². The Morgan fingerprint density at radius 3 is 2.53 bits per heavy atom. The molecule has 1 aromatic carbocycles. The number of nitrogens with zero attached hydrogens (tertiary/aromatic N) is 1. The van der Waals surface area contributed by atoms with E-state index in [9.17, 15) is 12.8 Å². The van der Waals surface area contributed by atoms with E-state index in [0.29, 0.717) is 24.3 Å². The van der Waals surface area contributed by atoms with Crippen molar-refractivity contribution in [3.63, 3.8) is 0 Å². The molecule has 0 bridgehead atoms. The second-order valence-corrected chi connectivity index (χ2v) is 6.39. The third-order valence-corrected chi connectivity index (χ3v) is 4.56. The van der Waals surface area contributed by atoms with Crippen LogP contribution in [0.2, 0.25) is 0 Å². The monoisotopic (exact) mass is 258 g/mol. The van der Waals surface area contributed by atoms with Crippen molar-refractivity contribution in [1.29, 1.82) is 0 Å². The van der Waals surface area contributed by atoms with E-state index in [0.717, 1.165) is 0 Å². The van der Waals surface area contributed by atoms with Gasteiger partial charge in [0.15, 0.2) is 9.84 Å². The molecule has 0 aliphatic carbocycles. The number of nitrogens with two attached hydrogens (primary N) is 1. The predicted molar refractivity (Wildman–Crippen MR) is 65.2 cm³/mol. The molecule has 0 amide bonds. The first kappa shape index (κ1) is 12.3. The van der Waals surface area contributed by atoms with Crippen LogP contribution in [0.15, 0.2) is 18.2 Å². The Morgan fingerprint density at radius 1 is 1.29 bits per heavy atom. The number of anilines is 1. The number of halogens is 1. The van der Waals surface area contributed by atoms with E-state index < -0.39 is 9.84 Å². The lowest BCUT2D eigenvalue weighted by atomic mass is 10.1. The maximum absolute atomic E-state index is 13.8. The van der Waals surface area contributed by atoms with Crippen molar-refractivity contribution in [2.75, 3.05) is 29.5 Å². The third kappa shape index (κ3) is 2.58. The quantitative estimate of drug-likeness (QED) is 0.840. The molecule has 17 heavy (non-hydrogen) atoms. The smallest absolute Gasteiger partial charge is 0.153 e. The van der Waals surface area contributed by atoms with Gasteiger partial charge in [-0.15, -0.1) is 0 Å². The molecule has 0 unspecified atom stereocenters. The van der Waals surface area contributed by atoms with E-state index in [1.54, 1.807) is 17.0 Å². The molecule has 94 valence electrons. The van der Waals surface area contributed by atoms with Gasteiger partial charge in [-0.2, -0.15) is 0 Å². The van der Waals surface area contributed by atoms with Gasteiger partial charge in [0.25, 0.3) is 0 Å². The number of para-hydroxylation sites is 1. The van der Waals surface area contributed by atoms with E-state index in [-0.39, 0.29) is 23.9 Å². The van der Waals surface area contributed by atoms with Crippen LogP contribution in [0.5, 0.6) is 0 Å². The number of hydrogen-bond donors (Lipinski definition) is 1. The highest BCUT2D eigenvalue weighted by Crippen LogP contribution is 2.25. The Kier molecular flexibility index (Phi) is 3.35. The van der Waals surface area contributed by atoms with Crippen molar-refractivity contribution in [3.05, 3.63) is 29.6 Å². The predicted octanol–water partition coefficient (Wildman–Crippen LogP) is 0.519. The molecule has 6 heteroatoms. The minimum Gasteiger partial charge on any atom is -0.367 e. The molecule has 1 aliphatic rings. The van der Waals surface area contributed by atoms with Crippen molar-refractivity contribution in [2.45, 2.75) is 6.54 Å². The first-order valence-corrected chi connectivity index (χ1v) is 7.28. The van der Waals surface area contributed by atoms with Gasteiger partial charge in [-0.3, -0.25) is 0 Å². The fraction of sp³-hybridized carbons (Fsp3) is 0.455. The zero-order valence-corrected chi connectivity index (χ0v) is 10.2. The highest BCUT2D eigenvalue weighted by molar-refractivity contribution is 7.91. The Bertz CT molecular complexity index is 502. The summed E-state index contributed by atoms with van der Waals surface area (Å²) in [5.74, 6) is -0.191. The van der Waals surface area contributed by atoms with Crippen LogP contribution < -0.4 is 10.6 Å². The maximum atomic E-state index is 13.8. The van der Waals surface area contributed by atoms with E-state index in [2.05, 4.69) is 0 Å². The van der Waals surface area contributed by atoms with Crippen molar-refractivity contribution in [1.82, 2.24) is 0 Å². The van der Waals surface area contributed by atoms with Gasteiger partial charge in [0.2, 0.25) is 0 Å². The summed E-state index contributed by atoms with van der Waals surface area (Å²) in [6.45, 7) is 0.906. The summed E-state index contributed by atoms with van der Waals surface area (Å²) in [7, 11) is -2.95. The van der Waals surface area contributed by atoms with Crippen LogP contribution in [0.3, 0.4) is 0 Å². The van der Waals surface area contributed by atoms with Gasteiger partial charge in [0.1, 0.15) is 5.82 Å². The van der Waals surface area contributed by atoms with Crippen LogP contribution in [0, 0.1) is 5.82 Å². The molecule has 1 fully saturated rings. The Morgan fingerprint density at radius 2 is 1.94 bits per heavy atom. The van der Waals surface area contributed by atoms with Crippen LogP contribution in [-0.4, -0.2) is 33.0 Å². The summed E-state index contributed by atoms with van der Waals surface area (Å²) in [6.07, 6.45) is 0. The summed E-state index contributed by atoms with van der Waals surface area (Å²) in [4.78, 5) is 1.76. The second kappa shape index (κ2) is 4.62. The number of sulfone groups is 1. The molecule has 1 saturated heterocycles. The van der Waals surface area contributed by atoms with Crippen LogP contribution in [0.1, 0.15) is 5.56 Å². The molecule has 2 rings (SSSR count). The van der Waals surface area contributed by atoms with Gasteiger partial charge in [-0.25, -0.2) is 12.8 Å². The molecule has 0 aromatic heterocycles. The van der Waals surface area contributed by atoms with Gasteiger partial charge in [0, 0.05) is 19.6 Å². The summed E-state index contributed by atoms with van der Waals surface area (Å²) in [5, 5.41) is 0. The van der Waals surface area contributed by atoms with E-state index in [1.165, 1.54) is 6.07 Å². The fourth-order valence-electron chi connectivity index (χ4n) is 2.01. The Hall–Kier alpha value is -1.14. The lowest BCUT2D eigenvalue weighted by molar-refractivity contribution is 0.581. The number of benzene rings is 1. The lowest BCUT2D eigenvalue weighted by Crippen LogP contribution is -2.41. The molecule has 0 saturated carbocycles. The van der Waals surface area contributed by atoms with E-state index >= 15 is 0 Å². The largest absolute Gasteiger partial charge is 0.367 e. The SMILES string of the molecule is NCc1cccc(F)c1N1CCS(=O)(=O)CC1. The summed E-state index contributed by atoms with van der Waals surface area (Å²) < 4.78 is 36.4. The molecule has 0 atom stereocenters. The molecule has 0 radical (unpaired) electrons. The molecular weight excluding hydrogens is 243 g/mol. The zero-order valence-electron chi connectivity index (χ0n) is 9.39. The topological polar surface area (TPSA) is 63.4 Å². The molecule has 1 aromatic rings. The maximum Gasteiger partial charge on any atom is 0.153 e. The van der Waals surface area contributed by atoms with Crippen LogP contribution >= 0.6 is 0 Å². The fourth-order valence-corrected chi connectivity index (χ4v) is 3.22. The van der Waals surface area contributed by atoms with Crippen molar-refractivity contribution < 1.29 is 12.8 Å². The Labute approximate surface area is 100 Å². The summed E-state index contributed by atoms with van der Waals surface area (Å²) in [5.41, 5.74) is 6.73. The highest BCUT2D eigenvalue weighted by atomic mass is 32.2. The highest BCUT2D eigenvalue weighted by Gasteiger charge is 2.24. The lowest BCUT2D eigenvalue weighted by Gasteiger charge is -2.30. The molecule has 2 N–H and O–H groups in total. The van der Waals surface area contributed by atoms with Crippen LogP contribution in [-0.2, 0) is 16.4 Å². The standard InChI is InChI=1S/C11H15FN2O2S/c12-10-3-1-2-9(8-13)11(10)14-4-6-17(15,16)7-5-14/h1-3H,4-8,13H2. The molecule has 1 aliphatic heterocycles. The molecular formula is C11H15FN2O2S. The van der Waals surface area contributed by atoms with E-state index in [1.807, 2.05) is 0 Å². The van der Waals surface area contributed by atoms with E-state index in [4.69, 9.17) is 5.73 Å². The number of rotatable bonds is 2. The molecule has 1 heterocycles. The van der Waals surface area contributed by atoms with Crippen molar-refractivity contribution >= 4 is 15.5 Å². The molecule has 4 nitrogen and oxygen atoms in total. The zero-order chi connectivity index (χ0) is 12.5. The minimum atomic E-state index is -2.95. The minimum absolute atomic E-state index is 0.0747. The van der Waals surface area contributed by atoms with Crippen LogP contribution in [0.25, 0.3) is 0 Å². The average Bonchev–Trinajstić information content (AvgIpc) is 2.29. The summed E-state index contributed by atoms with van der Waals surface area (Å²) >= 11 is 0. The Balaban J connectivity index is 2.29. The first-order chi connectivity index (χ1) is 8.03. The third-order valence-electron chi connectivity index (χ3n) is 2.95. The van der Waals surface area contributed by atoms with Gasteiger partial charge >= 0.3 is 0 Å². The normalized spacial score (nSPS) is 19.3. The molecule has 0 spiro atoms. The van der Waals surface area contributed by atoms with Gasteiger partial charge < -0.3 is 10.6 Å². The van der Waals surface area contributed by atoms with Gasteiger partial charge in [-0.05, 0) is 11.6 Å². The summed E-state index contributed by atoms with van der Waals surface area (Å²) in [6, 6.07) is 4.75. The van der Waals surface area contributed by atoms with Gasteiger partial charge in [-0.1, -0.05) is 12.1 Å². The van der Waals surface area contributed by atoms with Crippen molar-refractivity contribution in [2.24, 2.45) is 5.73 Å². The second-order valence-electron chi connectivity index (χ2n) is 4.09. The number of hydrogen-bond acceptors (Lipinski definition) is 4.